The molecule has 0 aliphatic carbocycles. The lowest BCUT2D eigenvalue weighted by Crippen LogP contribution is -2.39. The van der Waals surface area contributed by atoms with Gasteiger partial charge in [0, 0.05) is 5.69 Å². The number of carboxylic acid groups (broad SMARTS) is 1. The van der Waals surface area contributed by atoms with Crippen LogP contribution < -0.4 is 5.32 Å². The van der Waals surface area contributed by atoms with Crippen LogP contribution in [-0.4, -0.2) is 34.3 Å². The second-order valence-electron chi connectivity index (χ2n) is 4.88. The summed E-state index contributed by atoms with van der Waals surface area (Å²) in [5.41, 5.74) is 0.503. The second kappa shape index (κ2) is 4.64. The molecule has 20 heavy (non-hydrogen) atoms. The molecule has 6 nitrogen and oxygen atoms in total. The molecule has 2 aliphatic heterocycles. The Morgan fingerprint density at radius 1 is 1.05 bits per heavy atom. The average Bonchev–Trinajstić information content (AvgIpc) is 3.01. The van der Waals surface area contributed by atoms with Crippen LogP contribution in [0.1, 0.15) is 0 Å². The Morgan fingerprint density at radius 2 is 1.65 bits per heavy atom. The summed E-state index contributed by atoms with van der Waals surface area (Å²) in [5, 5.41) is 21.1. The van der Waals surface area contributed by atoms with Crippen molar-refractivity contribution in [1.82, 2.24) is 0 Å². The Labute approximate surface area is 114 Å². The molecule has 0 spiro atoms. The lowest BCUT2D eigenvalue weighted by atomic mass is 9.82. The summed E-state index contributed by atoms with van der Waals surface area (Å²) in [6, 6.07) is 5.99. The normalized spacial score (nSPS) is 30.4. The third-order valence-electron chi connectivity index (χ3n) is 3.62. The average molecular weight is 275 g/mol. The van der Waals surface area contributed by atoms with E-state index in [0.717, 1.165) is 0 Å². The van der Waals surface area contributed by atoms with Crippen molar-refractivity contribution < 1.29 is 24.5 Å². The molecule has 2 bridgehead atoms. The number of carboxylic acids is 1. The van der Waals surface area contributed by atoms with E-state index in [9.17, 15) is 19.8 Å². The molecule has 0 unspecified atom stereocenters. The maximum atomic E-state index is 12.3. The number of carbonyl (C=O) groups is 2. The third-order valence-corrected chi connectivity index (χ3v) is 3.62. The van der Waals surface area contributed by atoms with Gasteiger partial charge in [-0.2, -0.15) is 0 Å². The number of anilines is 1. The SMILES string of the molecule is O=C(Nc1ccc(O)cc1)[C@@H]1[C@H](C(=O)O)[C@H]2C=C[C@H]1O2. The van der Waals surface area contributed by atoms with Gasteiger partial charge in [0.25, 0.3) is 0 Å². The van der Waals surface area contributed by atoms with E-state index in [1.807, 2.05) is 0 Å². The standard InChI is InChI=1S/C14H13NO5/c16-8-3-1-7(2-4-8)15-13(17)11-9-5-6-10(20-9)12(11)14(18)19/h1-6,9-12,16H,(H,15,17)(H,18,19)/t9-,10-,11+,12-/m1/s1. The summed E-state index contributed by atoms with van der Waals surface area (Å²) in [7, 11) is 0. The molecule has 1 aromatic carbocycles. The van der Waals surface area contributed by atoms with Crippen molar-refractivity contribution in [2.75, 3.05) is 5.32 Å². The number of hydrogen-bond acceptors (Lipinski definition) is 4. The van der Waals surface area contributed by atoms with Gasteiger partial charge in [0.05, 0.1) is 18.1 Å². The van der Waals surface area contributed by atoms with E-state index in [0.29, 0.717) is 5.69 Å². The highest BCUT2D eigenvalue weighted by molar-refractivity contribution is 5.96. The minimum atomic E-state index is -1.03. The Bertz CT molecular complexity index is 580. The number of aromatic hydroxyl groups is 1. The molecular formula is C14H13NO5. The first-order valence-electron chi connectivity index (χ1n) is 6.23. The van der Waals surface area contributed by atoms with Crippen molar-refractivity contribution in [3.8, 4) is 5.75 Å². The molecule has 0 saturated carbocycles. The smallest absolute Gasteiger partial charge is 0.310 e. The number of phenolic OH excluding ortho intramolecular Hbond substituents is 1. The molecule has 1 fully saturated rings. The molecule has 2 heterocycles. The number of nitrogens with one attached hydrogen (secondary N) is 1. The molecule has 3 rings (SSSR count). The van der Waals surface area contributed by atoms with Crippen LogP contribution in [0, 0.1) is 11.8 Å². The number of ether oxygens (including phenoxy) is 1. The number of fused-ring (bicyclic) bond motifs is 2. The van der Waals surface area contributed by atoms with E-state index < -0.39 is 30.0 Å². The molecule has 1 aromatic rings. The fourth-order valence-corrected chi connectivity index (χ4v) is 2.69. The van der Waals surface area contributed by atoms with Crippen LogP contribution in [-0.2, 0) is 14.3 Å². The number of carbonyl (C=O) groups excluding carboxylic acids is 1. The predicted molar refractivity (Wildman–Crippen MR) is 69.2 cm³/mol. The first-order chi connectivity index (χ1) is 9.56. The maximum Gasteiger partial charge on any atom is 0.310 e. The van der Waals surface area contributed by atoms with Crippen molar-refractivity contribution >= 4 is 17.6 Å². The summed E-state index contributed by atoms with van der Waals surface area (Å²) < 4.78 is 5.44. The molecule has 4 atom stereocenters. The van der Waals surface area contributed by atoms with Gasteiger partial charge in [-0.3, -0.25) is 9.59 Å². The van der Waals surface area contributed by atoms with Gasteiger partial charge in [-0.1, -0.05) is 12.2 Å². The first kappa shape index (κ1) is 12.7. The molecule has 1 saturated heterocycles. The molecule has 104 valence electrons. The van der Waals surface area contributed by atoms with Crippen molar-refractivity contribution in [1.29, 1.82) is 0 Å². The van der Waals surface area contributed by atoms with E-state index in [2.05, 4.69) is 5.32 Å². The quantitative estimate of drug-likeness (QED) is 0.564. The van der Waals surface area contributed by atoms with E-state index in [1.54, 1.807) is 24.3 Å². The lowest BCUT2D eigenvalue weighted by molar-refractivity contribution is -0.145. The number of aliphatic carboxylic acids is 1. The van der Waals surface area contributed by atoms with Crippen LogP contribution in [0.2, 0.25) is 0 Å². The highest BCUT2D eigenvalue weighted by Gasteiger charge is 2.53. The Kier molecular flexibility index (Phi) is 2.94. The van der Waals surface area contributed by atoms with E-state index in [-0.39, 0.29) is 11.7 Å². The van der Waals surface area contributed by atoms with Gasteiger partial charge < -0.3 is 20.3 Å². The summed E-state index contributed by atoms with van der Waals surface area (Å²) in [6.45, 7) is 0. The van der Waals surface area contributed by atoms with Crippen molar-refractivity contribution in [2.24, 2.45) is 11.8 Å². The highest BCUT2D eigenvalue weighted by atomic mass is 16.5. The zero-order chi connectivity index (χ0) is 14.3. The van der Waals surface area contributed by atoms with Crippen LogP contribution in [0.25, 0.3) is 0 Å². The molecule has 3 N–H and O–H groups in total. The summed E-state index contributed by atoms with van der Waals surface area (Å²) >= 11 is 0. The molecule has 0 aromatic heterocycles. The number of hydrogen-bond donors (Lipinski definition) is 3. The minimum Gasteiger partial charge on any atom is -0.508 e. The molecule has 2 aliphatic rings. The van der Waals surface area contributed by atoms with Gasteiger partial charge in [0.1, 0.15) is 11.7 Å². The number of rotatable bonds is 3. The second-order valence-corrected chi connectivity index (χ2v) is 4.88. The van der Waals surface area contributed by atoms with Crippen LogP contribution in [0.3, 0.4) is 0 Å². The number of phenols is 1. The van der Waals surface area contributed by atoms with Gasteiger partial charge >= 0.3 is 5.97 Å². The fraction of sp³-hybridized carbons (Fsp3) is 0.286. The van der Waals surface area contributed by atoms with Gasteiger partial charge in [-0.25, -0.2) is 0 Å². The Morgan fingerprint density at radius 3 is 2.25 bits per heavy atom. The third kappa shape index (κ3) is 2.04. The lowest BCUT2D eigenvalue weighted by Gasteiger charge is -2.20. The van der Waals surface area contributed by atoms with E-state index >= 15 is 0 Å². The van der Waals surface area contributed by atoms with Crippen molar-refractivity contribution in [3.63, 3.8) is 0 Å². The Hall–Kier alpha value is -2.34. The highest BCUT2D eigenvalue weighted by Crippen LogP contribution is 2.39. The van der Waals surface area contributed by atoms with Crippen molar-refractivity contribution in [2.45, 2.75) is 12.2 Å². The largest absolute Gasteiger partial charge is 0.508 e. The number of benzene rings is 1. The number of amides is 1. The van der Waals surface area contributed by atoms with Gasteiger partial charge in [-0.05, 0) is 24.3 Å². The summed E-state index contributed by atoms with van der Waals surface area (Å²) in [5.74, 6) is -2.93. The van der Waals surface area contributed by atoms with Crippen LogP contribution >= 0.6 is 0 Å². The zero-order valence-electron chi connectivity index (χ0n) is 10.4. The minimum absolute atomic E-state index is 0.0950. The molecular weight excluding hydrogens is 262 g/mol. The van der Waals surface area contributed by atoms with E-state index in [1.165, 1.54) is 12.1 Å². The van der Waals surface area contributed by atoms with Crippen LogP contribution in [0.5, 0.6) is 5.75 Å². The summed E-state index contributed by atoms with van der Waals surface area (Å²) in [4.78, 5) is 23.5. The molecule has 1 amide bonds. The van der Waals surface area contributed by atoms with E-state index in [4.69, 9.17) is 4.74 Å². The first-order valence-corrected chi connectivity index (χ1v) is 6.23. The van der Waals surface area contributed by atoms with Gasteiger partial charge in [0.15, 0.2) is 0 Å². The maximum absolute atomic E-state index is 12.3. The van der Waals surface area contributed by atoms with Gasteiger partial charge in [0.2, 0.25) is 5.91 Å². The zero-order valence-corrected chi connectivity index (χ0v) is 10.4. The topological polar surface area (TPSA) is 95.9 Å². The monoisotopic (exact) mass is 275 g/mol. The molecule has 6 heteroatoms. The fourth-order valence-electron chi connectivity index (χ4n) is 2.69. The van der Waals surface area contributed by atoms with Crippen LogP contribution in [0.15, 0.2) is 36.4 Å². The summed E-state index contributed by atoms with van der Waals surface area (Å²) in [6.07, 6.45) is 2.39. The van der Waals surface area contributed by atoms with Gasteiger partial charge in [-0.15, -0.1) is 0 Å². The Balaban J connectivity index is 1.78. The predicted octanol–water partition coefficient (Wildman–Crippen LogP) is 0.985. The van der Waals surface area contributed by atoms with Crippen LogP contribution in [0.4, 0.5) is 5.69 Å². The molecule has 0 radical (unpaired) electrons. The van der Waals surface area contributed by atoms with Crippen molar-refractivity contribution in [3.05, 3.63) is 36.4 Å².